The third-order valence-corrected chi connectivity index (χ3v) is 5.15. The van der Waals surface area contributed by atoms with Gasteiger partial charge in [-0.1, -0.05) is 0 Å². The molecule has 1 aliphatic heterocycles. The van der Waals surface area contributed by atoms with Crippen molar-refractivity contribution in [2.24, 2.45) is 0 Å². The van der Waals surface area contributed by atoms with Crippen LogP contribution in [0.15, 0.2) is 0 Å². The molecule has 3 nitrogen and oxygen atoms in total. The molecule has 0 aromatic carbocycles. The maximum absolute atomic E-state index is 11.9. The normalized spacial score (nSPS) is 29.6. The van der Waals surface area contributed by atoms with Gasteiger partial charge in [-0.05, 0) is 44.8 Å². The van der Waals surface area contributed by atoms with E-state index in [1.807, 2.05) is 16.7 Å². The van der Waals surface area contributed by atoms with Gasteiger partial charge < -0.3 is 10.2 Å². The second-order valence-electron chi connectivity index (χ2n) is 5.18. The van der Waals surface area contributed by atoms with Crippen LogP contribution in [-0.4, -0.2) is 48.0 Å². The summed E-state index contributed by atoms with van der Waals surface area (Å²) in [6.07, 6.45) is 9.65. The lowest BCUT2D eigenvalue weighted by Gasteiger charge is -2.28. The molecule has 0 bridgehead atoms. The van der Waals surface area contributed by atoms with E-state index in [9.17, 15) is 4.79 Å². The third kappa shape index (κ3) is 3.88. The number of amides is 1. The Labute approximate surface area is 109 Å². The number of nitrogens with zero attached hydrogens (tertiary/aromatic N) is 1. The second-order valence-corrected chi connectivity index (χ2v) is 6.32. The summed E-state index contributed by atoms with van der Waals surface area (Å²) >= 11 is 1.99. The lowest BCUT2D eigenvalue weighted by molar-refractivity contribution is -0.129. The van der Waals surface area contributed by atoms with Crippen molar-refractivity contribution >= 4 is 17.7 Å². The molecule has 4 heteroatoms. The molecular formula is C13H24N2OS. The summed E-state index contributed by atoms with van der Waals surface area (Å²) in [6.45, 7) is 2.49. The summed E-state index contributed by atoms with van der Waals surface area (Å²) in [5, 5.41) is 4.29. The van der Waals surface area contributed by atoms with Crippen molar-refractivity contribution in [3.63, 3.8) is 0 Å². The largest absolute Gasteiger partial charge is 0.342 e. The highest BCUT2D eigenvalue weighted by atomic mass is 32.2. The molecule has 0 aromatic heterocycles. The van der Waals surface area contributed by atoms with E-state index in [1.54, 1.807) is 0 Å². The Morgan fingerprint density at radius 2 is 1.88 bits per heavy atom. The molecule has 2 fully saturated rings. The fourth-order valence-corrected chi connectivity index (χ4v) is 3.56. The van der Waals surface area contributed by atoms with Gasteiger partial charge in [-0.25, -0.2) is 0 Å². The summed E-state index contributed by atoms with van der Waals surface area (Å²) < 4.78 is 0. The first-order chi connectivity index (χ1) is 8.29. The van der Waals surface area contributed by atoms with Crippen molar-refractivity contribution in [2.45, 2.75) is 49.8 Å². The lowest BCUT2D eigenvalue weighted by atomic mass is 9.95. The molecule has 1 aliphatic carbocycles. The van der Waals surface area contributed by atoms with E-state index >= 15 is 0 Å². The molecule has 2 aliphatic rings. The number of thioether (sulfide) groups is 1. The smallest absolute Gasteiger partial charge is 0.236 e. The van der Waals surface area contributed by atoms with Gasteiger partial charge in [0.25, 0.3) is 0 Å². The van der Waals surface area contributed by atoms with E-state index < -0.39 is 0 Å². The molecule has 1 saturated heterocycles. The Hall–Kier alpha value is -0.220. The van der Waals surface area contributed by atoms with Crippen molar-refractivity contribution in [2.75, 3.05) is 25.9 Å². The molecule has 0 unspecified atom stereocenters. The topological polar surface area (TPSA) is 32.3 Å². The molecule has 0 radical (unpaired) electrons. The van der Waals surface area contributed by atoms with E-state index in [0.717, 1.165) is 18.3 Å². The minimum absolute atomic E-state index is 0.300. The molecule has 1 saturated carbocycles. The number of hydrogen-bond donors (Lipinski definition) is 1. The quantitative estimate of drug-likeness (QED) is 0.833. The van der Waals surface area contributed by atoms with Crippen molar-refractivity contribution in [3.05, 3.63) is 0 Å². The number of rotatable bonds is 4. The minimum Gasteiger partial charge on any atom is -0.342 e. The molecule has 0 atom stereocenters. The van der Waals surface area contributed by atoms with Gasteiger partial charge in [0.15, 0.2) is 0 Å². The Balaban J connectivity index is 1.63. The van der Waals surface area contributed by atoms with Crippen molar-refractivity contribution in [1.82, 2.24) is 10.2 Å². The number of carbonyl (C=O) groups is 1. The first kappa shape index (κ1) is 13.2. The molecule has 2 rings (SSSR count). The number of carbonyl (C=O) groups excluding carboxylic acids is 1. The number of likely N-dealkylation sites (tertiary alicyclic amines) is 1. The zero-order valence-electron chi connectivity index (χ0n) is 10.8. The first-order valence-corrected chi connectivity index (χ1v) is 8.12. The van der Waals surface area contributed by atoms with Crippen LogP contribution in [0.1, 0.15) is 38.5 Å². The Morgan fingerprint density at radius 1 is 1.24 bits per heavy atom. The Kier molecular flexibility index (Phi) is 5.16. The average Bonchev–Trinajstić information content (AvgIpc) is 2.90. The zero-order chi connectivity index (χ0) is 12.1. The summed E-state index contributed by atoms with van der Waals surface area (Å²) in [7, 11) is 0. The van der Waals surface area contributed by atoms with E-state index in [-0.39, 0.29) is 0 Å². The van der Waals surface area contributed by atoms with Crippen LogP contribution in [0.3, 0.4) is 0 Å². The molecule has 1 amide bonds. The first-order valence-electron chi connectivity index (χ1n) is 6.83. The van der Waals surface area contributed by atoms with Gasteiger partial charge in [0.2, 0.25) is 5.91 Å². The fourth-order valence-electron chi connectivity index (χ4n) is 2.81. The third-order valence-electron chi connectivity index (χ3n) is 4.01. The lowest BCUT2D eigenvalue weighted by Crippen LogP contribution is -2.42. The molecular weight excluding hydrogens is 232 g/mol. The van der Waals surface area contributed by atoms with Gasteiger partial charge >= 0.3 is 0 Å². The maximum Gasteiger partial charge on any atom is 0.236 e. The molecule has 98 valence electrons. The minimum atomic E-state index is 0.300. The van der Waals surface area contributed by atoms with Gasteiger partial charge in [0.05, 0.1) is 6.54 Å². The van der Waals surface area contributed by atoms with Crippen molar-refractivity contribution in [3.8, 4) is 0 Å². The van der Waals surface area contributed by atoms with Crippen LogP contribution in [0.5, 0.6) is 0 Å². The molecule has 17 heavy (non-hydrogen) atoms. The van der Waals surface area contributed by atoms with Gasteiger partial charge in [-0.15, -0.1) is 0 Å². The highest BCUT2D eigenvalue weighted by molar-refractivity contribution is 7.99. The predicted octanol–water partition coefficient (Wildman–Crippen LogP) is 1.87. The van der Waals surface area contributed by atoms with Gasteiger partial charge in [0, 0.05) is 24.4 Å². The number of hydrogen-bond acceptors (Lipinski definition) is 3. The Morgan fingerprint density at radius 3 is 2.47 bits per heavy atom. The van der Waals surface area contributed by atoms with Crippen LogP contribution in [0, 0.1) is 0 Å². The second kappa shape index (κ2) is 6.64. The monoisotopic (exact) mass is 256 g/mol. The zero-order valence-corrected chi connectivity index (χ0v) is 11.6. The molecule has 1 heterocycles. The maximum atomic E-state index is 11.9. The van der Waals surface area contributed by atoms with E-state index in [1.165, 1.54) is 38.5 Å². The highest BCUT2D eigenvalue weighted by Gasteiger charge is 2.22. The average molecular weight is 256 g/mol. The van der Waals surface area contributed by atoms with Crippen LogP contribution in [0.25, 0.3) is 0 Å². The summed E-state index contributed by atoms with van der Waals surface area (Å²) in [6, 6.07) is 0.574. The number of nitrogens with one attached hydrogen (secondary N) is 1. The van der Waals surface area contributed by atoms with Crippen LogP contribution in [0.2, 0.25) is 0 Å². The van der Waals surface area contributed by atoms with E-state index in [2.05, 4.69) is 11.6 Å². The van der Waals surface area contributed by atoms with Gasteiger partial charge in [0.1, 0.15) is 0 Å². The van der Waals surface area contributed by atoms with Crippen molar-refractivity contribution in [1.29, 1.82) is 0 Å². The van der Waals surface area contributed by atoms with Crippen LogP contribution in [0.4, 0.5) is 0 Å². The molecule has 0 spiro atoms. The summed E-state index contributed by atoms with van der Waals surface area (Å²) in [4.78, 5) is 13.9. The van der Waals surface area contributed by atoms with Gasteiger partial charge in [-0.2, -0.15) is 11.8 Å². The highest BCUT2D eigenvalue weighted by Crippen LogP contribution is 2.26. The SMILES string of the molecule is CSC1CCC(NCC(=O)N2CCCC2)CC1. The predicted molar refractivity (Wildman–Crippen MR) is 73.4 cm³/mol. The van der Waals surface area contributed by atoms with Crippen LogP contribution < -0.4 is 5.32 Å². The fraction of sp³-hybridized carbons (Fsp3) is 0.923. The summed E-state index contributed by atoms with van der Waals surface area (Å²) in [5.41, 5.74) is 0. The molecule has 1 N–H and O–H groups in total. The van der Waals surface area contributed by atoms with Crippen molar-refractivity contribution < 1.29 is 4.79 Å². The van der Waals surface area contributed by atoms with Crippen LogP contribution >= 0.6 is 11.8 Å². The molecule has 0 aromatic rings. The van der Waals surface area contributed by atoms with Crippen LogP contribution in [-0.2, 0) is 4.79 Å². The standard InChI is InChI=1S/C13H24N2OS/c1-17-12-6-4-11(5-7-12)14-10-13(16)15-8-2-3-9-15/h11-12,14H,2-10H2,1H3. The van der Waals surface area contributed by atoms with E-state index in [4.69, 9.17) is 0 Å². The van der Waals surface area contributed by atoms with E-state index in [0.29, 0.717) is 18.5 Å². The summed E-state index contributed by atoms with van der Waals surface area (Å²) in [5.74, 6) is 0.300. The Bertz CT molecular complexity index is 246. The van der Waals surface area contributed by atoms with Gasteiger partial charge in [-0.3, -0.25) is 4.79 Å².